The van der Waals surface area contributed by atoms with Gasteiger partial charge >= 0.3 is 0 Å². The van der Waals surface area contributed by atoms with Crippen LogP contribution in [0.15, 0.2) is 24.4 Å². The average Bonchev–Trinajstić information content (AvgIpc) is 2.63. The fourth-order valence-electron chi connectivity index (χ4n) is 4.13. The summed E-state index contributed by atoms with van der Waals surface area (Å²) in [5.74, 6) is 0.403. The molecule has 138 valence electrons. The molecule has 2 aliphatic rings. The Bertz CT molecular complexity index is 534. The third-order valence-electron chi connectivity index (χ3n) is 5.73. The summed E-state index contributed by atoms with van der Waals surface area (Å²) in [5.41, 5.74) is 1.03. The van der Waals surface area contributed by atoms with Crippen molar-refractivity contribution >= 4 is 5.91 Å². The van der Waals surface area contributed by atoms with E-state index in [0.29, 0.717) is 0 Å². The van der Waals surface area contributed by atoms with Gasteiger partial charge in [0, 0.05) is 36.3 Å². The van der Waals surface area contributed by atoms with Crippen LogP contribution < -0.4 is 5.32 Å². The number of carbonyl (C=O) groups is 1. The van der Waals surface area contributed by atoms with E-state index >= 15 is 0 Å². The highest BCUT2D eigenvalue weighted by atomic mass is 16.1. The first kappa shape index (κ1) is 18.3. The highest BCUT2D eigenvalue weighted by molar-refractivity contribution is 5.79. The second-order valence-corrected chi connectivity index (χ2v) is 7.78. The monoisotopic (exact) mass is 344 g/mol. The van der Waals surface area contributed by atoms with Gasteiger partial charge in [-0.25, -0.2) is 0 Å². The number of nitrogens with zero attached hydrogens (tertiary/aromatic N) is 3. The lowest BCUT2D eigenvalue weighted by Gasteiger charge is -2.40. The van der Waals surface area contributed by atoms with E-state index in [1.807, 2.05) is 24.4 Å². The van der Waals surface area contributed by atoms with Gasteiger partial charge in [-0.2, -0.15) is 0 Å². The maximum atomic E-state index is 12.6. The highest BCUT2D eigenvalue weighted by Gasteiger charge is 2.30. The van der Waals surface area contributed by atoms with Crippen LogP contribution in [-0.4, -0.2) is 66.0 Å². The van der Waals surface area contributed by atoms with Gasteiger partial charge in [0.2, 0.25) is 5.91 Å². The number of nitrogens with one attached hydrogen (secondary N) is 1. The Hall–Kier alpha value is -1.46. The number of likely N-dealkylation sites (tertiary alicyclic amines) is 2. The highest BCUT2D eigenvalue weighted by Crippen LogP contribution is 2.23. The van der Waals surface area contributed by atoms with E-state index in [0.717, 1.165) is 44.1 Å². The summed E-state index contributed by atoms with van der Waals surface area (Å²) in [4.78, 5) is 21.9. The van der Waals surface area contributed by atoms with Crippen LogP contribution in [0.25, 0.3) is 0 Å². The summed E-state index contributed by atoms with van der Waals surface area (Å²) in [5, 5.41) is 3.19. The molecule has 5 heteroatoms. The molecule has 1 aromatic rings. The topological polar surface area (TPSA) is 48.5 Å². The minimum atomic E-state index is 0.134. The number of aromatic nitrogens is 1. The van der Waals surface area contributed by atoms with E-state index in [1.165, 1.54) is 25.9 Å². The molecule has 1 amide bonds. The zero-order valence-electron chi connectivity index (χ0n) is 15.7. The molecular weight excluding hydrogens is 312 g/mol. The van der Waals surface area contributed by atoms with Gasteiger partial charge in [0.15, 0.2) is 0 Å². The van der Waals surface area contributed by atoms with Crippen LogP contribution in [0.5, 0.6) is 0 Å². The SMILES string of the molecule is CC(Cc1ccccn1)NC(=O)C1CCN(C2CCN(C)CC2)CC1. The van der Waals surface area contributed by atoms with Crippen molar-refractivity contribution in [2.75, 3.05) is 33.2 Å². The first-order valence-electron chi connectivity index (χ1n) is 9.74. The average molecular weight is 345 g/mol. The van der Waals surface area contributed by atoms with Crippen molar-refractivity contribution in [3.63, 3.8) is 0 Å². The van der Waals surface area contributed by atoms with Gasteiger partial charge in [-0.3, -0.25) is 9.78 Å². The van der Waals surface area contributed by atoms with Crippen molar-refractivity contribution in [1.82, 2.24) is 20.1 Å². The van der Waals surface area contributed by atoms with Crippen LogP contribution in [-0.2, 0) is 11.2 Å². The molecule has 2 aliphatic heterocycles. The summed E-state index contributed by atoms with van der Waals surface area (Å²) in [6.45, 7) is 6.62. The maximum Gasteiger partial charge on any atom is 0.223 e. The minimum absolute atomic E-state index is 0.134. The molecule has 0 aromatic carbocycles. The number of rotatable bonds is 5. The van der Waals surface area contributed by atoms with Crippen LogP contribution >= 0.6 is 0 Å². The van der Waals surface area contributed by atoms with Crippen molar-refractivity contribution < 1.29 is 4.79 Å². The van der Waals surface area contributed by atoms with E-state index in [2.05, 4.69) is 34.1 Å². The molecule has 2 fully saturated rings. The van der Waals surface area contributed by atoms with Crippen molar-refractivity contribution in [3.05, 3.63) is 30.1 Å². The molecular formula is C20H32N4O. The first-order chi connectivity index (χ1) is 12.1. The van der Waals surface area contributed by atoms with Gasteiger partial charge in [0.25, 0.3) is 0 Å². The van der Waals surface area contributed by atoms with Crippen molar-refractivity contribution in [1.29, 1.82) is 0 Å². The first-order valence-corrected chi connectivity index (χ1v) is 9.74. The number of carbonyl (C=O) groups excluding carboxylic acids is 1. The van der Waals surface area contributed by atoms with Crippen molar-refractivity contribution in [2.45, 2.75) is 51.1 Å². The van der Waals surface area contributed by atoms with Gasteiger partial charge in [-0.1, -0.05) is 6.07 Å². The third kappa shape index (κ3) is 5.25. The van der Waals surface area contributed by atoms with E-state index in [-0.39, 0.29) is 17.9 Å². The van der Waals surface area contributed by atoms with Crippen LogP contribution in [0.2, 0.25) is 0 Å². The molecule has 0 bridgehead atoms. The number of pyridine rings is 1. The number of piperidine rings is 2. The van der Waals surface area contributed by atoms with Gasteiger partial charge in [-0.05, 0) is 78.0 Å². The fourth-order valence-corrected chi connectivity index (χ4v) is 4.13. The molecule has 1 aromatic heterocycles. The summed E-state index contributed by atoms with van der Waals surface area (Å²) in [6.07, 6.45) is 7.13. The molecule has 0 radical (unpaired) electrons. The quantitative estimate of drug-likeness (QED) is 0.887. The molecule has 1 N–H and O–H groups in total. The Morgan fingerprint density at radius 1 is 1.20 bits per heavy atom. The fraction of sp³-hybridized carbons (Fsp3) is 0.700. The van der Waals surface area contributed by atoms with E-state index < -0.39 is 0 Å². The lowest BCUT2D eigenvalue weighted by atomic mass is 9.92. The predicted octanol–water partition coefficient (Wildman–Crippen LogP) is 1.93. The van der Waals surface area contributed by atoms with Gasteiger partial charge in [0.1, 0.15) is 0 Å². The number of hydrogen-bond donors (Lipinski definition) is 1. The zero-order valence-corrected chi connectivity index (χ0v) is 15.7. The minimum Gasteiger partial charge on any atom is -0.353 e. The van der Waals surface area contributed by atoms with Crippen LogP contribution in [0.4, 0.5) is 0 Å². The Morgan fingerprint density at radius 3 is 2.56 bits per heavy atom. The van der Waals surface area contributed by atoms with Gasteiger partial charge < -0.3 is 15.1 Å². The Balaban J connectivity index is 1.40. The number of hydrogen-bond acceptors (Lipinski definition) is 4. The third-order valence-corrected chi connectivity index (χ3v) is 5.73. The van der Waals surface area contributed by atoms with Crippen LogP contribution in [0.1, 0.15) is 38.3 Å². The lowest BCUT2D eigenvalue weighted by Crippen LogP contribution is -2.49. The van der Waals surface area contributed by atoms with Crippen molar-refractivity contribution in [3.8, 4) is 0 Å². The van der Waals surface area contributed by atoms with E-state index in [9.17, 15) is 4.79 Å². The largest absolute Gasteiger partial charge is 0.353 e. The molecule has 25 heavy (non-hydrogen) atoms. The summed E-state index contributed by atoms with van der Waals surface area (Å²) < 4.78 is 0. The standard InChI is InChI=1S/C20H32N4O/c1-16(15-18-5-3-4-10-21-18)22-20(25)17-6-13-24(14-7-17)19-8-11-23(2)12-9-19/h3-5,10,16-17,19H,6-9,11-15H2,1-2H3,(H,22,25). The Kier molecular flexibility index (Phi) is 6.43. The summed E-state index contributed by atoms with van der Waals surface area (Å²) in [6, 6.07) is 6.79. The molecule has 0 saturated carbocycles. The normalized spacial score (nSPS) is 22.6. The second kappa shape index (κ2) is 8.77. The van der Waals surface area contributed by atoms with Crippen molar-refractivity contribution in [2.24, 2.45) is 5.92 Å². The number of amides is 1. The molecule has 2 saturated heterocycles. The summed E-state index contributed by atoms with van der Waals surface area (Å²) >= 11 is 0. The predicted molar refractivity (Wildman–Crippen MR) is 100 cm³/mol. The van der Waals surface area contributed by atoms with Gasteiger partial charge in [-0.15, -0.1) is 0 Å². The van der Waals surface area contributed by atoms with Gasteiger partial charge in [0.05, 0.1) is 0 Å². The van der Waals surface area contributed by atoms with Crippen LogP contribution in [0, 0.1) is 5.92 Å². The Morgan fingerprint density at radius 2 is 1.92 bits per heavy atom. The van der Waals surface area contributed by atoms with Crippen LogP contribution in [0.3, 0.4) is 0 Å². The molecule has 1 unspecified atom stereocenters. The zero-order chi connectivity index (χ0) is 17.6. The Labute approximate surface area is 151 Å². The van der Waals surface area contributed by atoms with E-state index in [1.54, 1.807) is 0 Å². The lowest BCUT2D eigenvalue weighted by molar-refractivity contribution is -0.127. The smallest absolute Gasteiger partial charge is 0.223 e. The maximum absolute atomic E-state index is 12.6. The molecule has 3 heterocycles. The van der Waals surface area contributed by atoms with E-state index in [4.69, 9.17) is 0 Å². The molecule has 5 nitrogen and oxygen atoms in total. The second-order valence-electron chi connectivity index (χ2n) is 7.78. The molecule has 0 spiro atoms. The summed E-state index contributed by atoms with van der Waals surface area (Å²) in [7, 11) is 2.21. The molecule has 1 atom stereocenters. The molecule has 3 rings (SSSR count). The molecule has 0 aliphatic carbocycles.